The molecule has 0 fully saturated rings. The van der Waals surface area contributed by atoms with Crippen molar-refractivity contribution in [3.63, 3.8) is 0 Å². The van der Waals surface area contributed by atoms with E-state index in [1.165, 1.54) is 0 Å². The quantitative estimate of drug-likeness (QED) is 0.708. The fourth-order valence-electron chi connectivity index (χ4n) is 2.55. The summed E-state index contributed by atoms with van der Waals surface area (Å²) in [6.45, 7) is 4.18. The van der Waals surface area contributed by atoms with Crippen LogP contribution in [0.2, 0.25) is 0 Å². The minimum Gasteiger partial charge on any atom is -0.327 e. The number of aryl methyl sites for hydroxylation is 3. The van der Waals surface area contributed by atoms with E-state index in [0.717, 1.165) is 39.0 Å². The number of aromatic nitrogens is 4. The zero-order chi connectivity index (χ0) is 14.4. The maximum atomic E-state index is 5.50. The van der Waals surface area contributed by atoms with Crippen molar-refractivity contribution in [2.45, 2.75) is 20.3 Å². The van der Waals surface area contributed by atoms with Gasteiger partial charge in [0.05, 0.1) is 11.4 Å². The van der Waals surface area contributed by atoms with Crippen LogP contribution in [0.25, 0.3) is 16.9 Å². The zero-order valence-electron chi connectivity index (χ0n) is 11.6. The Morgan fingerprint density at radius 2 is 2.15 bits per heavy atom. The highest BCUT2D eigenvalue weighted by Gasteiger charge is 2.16. The van der Waals surface area contributed by atoms with E-state index in [-0.39, 0.29) is 0 Å². The highest BCUT2D eigenvalue weighted by Crippen LogP contribution is 2.25. The van der Waals surface area contributed by atoms with Gasteiger partial charge < -0.3 is 4.98 Å². The highest BCUT2D eigenvalue weighted by molar-refractivity contribution is 9.10. The third kappa shape index (κ3) is 1.94. The molecule has 3 aromatic rings. The SMILES string of the molecule is CCc1nn(C)c2c1[nH]c(=S)n2-c1ccc(Br)cc1C. The van der Waals surface area contributed by atoms with Crippen molar-refractivity contribution in [2.75, 3.05) is 0 Å². The van der Waals surface area contributed by atoms with E-state index < -0.39 is 0 Å². The van der Waals surface area contributed by atoms with Crippen molar-refractivity contribution in [3.05, 3.63) is 38.7 Å². The second kappa shape index (κ2) is 4.86. The van der Waals surface area contributed by atoms with Crippen molar-refractivity contribution in [1.29, 1.82) is 0 Å². The van der Waals surface area contributed by atoms with Gasteiger partial charge in [-0.05, 0) is 49.3 Å². The van der Waals surface area contributed by atoms with Gasteiger partial charge in [0, 0.05) is 11.5 Å². The van der Waals surface area contributed by atoms with Crippen LogP contribution in [-0.4, -0.2) is 19.3 Å². The molecule has 0 atom stereocenters. The lowest BCUT2D eigenvalue weighted by molar-refractivity contribution is 0.748. The van der Waals surface area contributed by atoms with E-state index >= 15 is 0 Å². The van der Waals surface area contributed by atoms with Crippen LogP contribution in [0.1, 0.15) is 18.2 Å². The van der Waals surface area contributed by atoms with E-state index in [4.69, 9.17) is 12.2 Å². The van der Waals surface area contributed by atoms with Crippen molar-refractivity contribution >= 4 is 39.3 Å². The number of nitrogens with one attached hydrogen (secondary N) is 1. The molecule has 0 aliphatic rings. The number of imidazole rings is 1. The summed E-state index contributed by atoms with van der Waals surface area (Å²) in [6, 6.07) is 6.19. The Hall–Kier alpha value is -1.40. The van der Waals surface area contributed by atoms with Gasteiger partial charge in [-0.1, -0.05) is 22.9 Å². The number of rotatable bonds is 2. The Bertz CT molecular complexity index is 856. The molecule has 0 spiro atoms. The summed E-state index contributed by atoms with van der Waals surface area (Å²) in [5.74, 6) is 0. The van der Waals surface area contributed by atoms with Gasteiger partial charge in [-0.3, -0.25) is 4.57 Å². The number of benzene rings is 1. The van der Waals surface area contributed by atoms with E-state index in [0.29, 0.717) is 4.77 Å². The summed E-state index contributed by atoms with van der Waals surface area (Å²) in [5, 5.41) is 4.55. The predicted octanol–water partition coefficient (Wildman–Crippen LogP) is 4.05. The first-order valence-electron chi connectivity index (χ1n) is 6.46. The van der Waals surface area contributed by atoms with Crippen molar-refractivity contribution in [3.8, 4) is 5.69 Å². The first kappa shape index (κ1) is 13.6. The van der Waals surface area contributed by atoms with Crippen LogP contribution in [0.15, 0.2) is 22.7 Å². The monoisotopic (exact) mass is 350 g/mol. The van der Waals surface area contributed by atoms with Crippen molar-refractivity contribution in [2.24, 2.45) is 7.05 Å². The maximum Gasteiger partial charge on any atom is 0.184 e. The Morgan fingerprint density at radius 3 is 2.80 bits per heavy atom. The first-order chi connectivity index (χ1) is 9.52. The fraction of sp³-hybridized carbons (Fsp3) is 0.286. The summed E-state index contributed by atoms with van der Waals surface area (Å²) in [5.41, 5.74) is 5.33. The molecule has 0 amide bonds. The maximum absolute atomic E-state index is 5.50. The Labute approximate surface area is 130 Å². The van der Waals surface area contributed by atoms with Gasteiger partial charge in [0.2, 0.25) is 0 Å². The molecule has 0 aliphatic heterocycles. The number of hydrogen-bond donors (Lipinski definition) is 1. The van der Waals surface area contributed by atoms with Crippen molar-refractivity contribution < 1.29 is 0 Å². The minimum atomic E-state index is 0.702. The molecule has 0 saturated carbocycles. The molecule has 1 aromatic carbocycles. The molecule has 2 heterocycles. The topological polar surface area (TPSA) is 38.5 Å². The largest absolute Gasteiger partial charge is 0.327 e. The van der Waals surface area contributed by atoms with E-state index in [1.807, 2.05) is 17.8 Å². The second-order valence-corrected chi connectivity index (χ2v) is 6.12. The summed E-state index contributed by atoms with van der Waals surface area (Å²) >= 11 is 9.00. The normalized spacial score (nSPS) is 11.4. The number of halogens is 1. The molecule has 0 bridgehead atoms. The Morgan fingerprint density at radius 1 is 1.40 bits per heavy atom. The Balaban J connectivity index is 2.39. The van der Waals surface area contributed by atoms with Gasteiger partial charge >= 0.3 is 0 Å². The average Bonchev–Trinajstić information content (AvgIpc) is 2.87. The lowest BCUT2D eigenvalue weighted by Gasteiger charge is -2.09. The smallest absolute Gasteiger partial charge is 0.184 e. The van der Waals surface area contributed by atoms with Gasteiger partial charge in [0.1, 0.15) is 5.52 Å². The highest BCUT2D eigenvalue weighted by atomic mass is 79.9. The van der Waals surface area contributed by atoms with E-state index in [1.54, 1.807) is 0 Å². The van der Waals surface area contributed by atoms with Crippen LogP contribution >= 0.6 is 28.1 Å². The number of aromatic amines is 1. The van der Waals surface area contributed by atoms with Gasteiger partial charge in [-0.25, -0.2) is 4.68 Å². The third-order valence-corrected chi connectivity index (χ3v) is 4.25. The third-order valence-electron chi connectivity index (χ3n) is 3.47. The average molecular weight is 351 g/mol. The molecule has 20 heavy (non-hydrogen) atoms. The molecular formula is C14H15BrN4S. The minimum absolute atomic E-state index is 0.702. The van der Waals surface area contributed by atoms with Gasteiger partial charge in [-0.2, -0.15) is 5.10 Å². The van der Waals surface area contributed by atoms with Crippen LogP contribution in [0.5, 0.6) is 0 Å². The predicted molar refractivity (Wildman–Crippen MR) is 87.0 cm³/mol. The summed E-state index contributed by atoms with van der Waals surface area (Å²) < 4.78 is 5.71. The molecule has 2 aromatic heterocycles. The summed E-state index contributed by atoms with van der Waals surface area (Å²) in [6.07, 6.45) is 0.881. The molecule has 4 nitrogen and oxygen atoms in total. The zero-order valence-corrected chi connectivity index (χ0v) is 14.0. The molecule has 104 valence electrons. The standard InChI is InChI=1S/C14H15BrN4S/c1-4-10-12-13(18(3)17-10)19(14(20)16-12)11-6-5-9(15)7-8(11)2/h5-7H,4H2,1-3H3,(H,16,20). The number of hydrogen-bond acceptors (Lipinski definition) is 2. The first-order valence-corrected chi connectivity index (χ1v) is 7.66. The van der Waals surface area contributed by atoms with Gasteiger partial charge in [-0.15, -0.1) is 0 Å². The second-order valence-electron chi connectivity index (χ2n) is 4.82. The number of H-pyrrole nitrogens is 1. The lowest BCUT2D eigenvalue weighted by atomic mass is 10.2. The fourth-order valence-corrected chi connectivity index (χ4v) is 3.32. The van der Waals surface area contributed by atoms with Crippen LogP contribution in [0.3, 0.4) is 0 Å². The molecule has 1 N–H and O–H groups in total. The number of fused-ring (bicyclic) bond motifs is 1. The Kier molecular flexibility index (Phi) is 3.30. The molecule has 6 heteroatoms. The van der Waals surface area contributed by atoms with Gasteiger partial charge in [0.25, 0.3) is 0 Å². The van der Waals surface area contributed by atoms with Gasteiger partial charge in [0.15, 0.2) is 10.4 Å². The molecule has 0 aliphatic carbocycles. The van der Waals surface area contributed by atoms with E-state index in [9.17, 15) is 0 Å². The molecule has 0 saturated heterocycles. The van der Waals surface area contributed by atoms with Crippen LogP contribution in [0, 0.1) is 11.7 Å². The number of nitrogens with zero attached hydrogens (tertiary/aromatic N) is 3. The molecule has 3 rings (SSSR count). The summed E-state index contributed by atoms with van der Waals surface area (Å²) in [4.78, 5) is 3.29. The molecule has 0 radical (unpaired) electrons. The van der Waals surface area contributed by atoms with Crippen molar-refractivity contribution in [1.82, 2.24) is 19.3 Å². The summed E-state index contributed by atoms with van der Waals surface area (Å²) in [7, 11) is 1.95. The molecular weight excluding hydrogens is 336 g/mol. The van der Waals surface area contributed by atoms with E-state index in [2.05, 4.69) is 56.6 Å². The molecule has 0 unspecified atom stereocenters. The van der Waals surface area contributed by atoms with Crippen LogP contribution < -0.4 is 0 Å². The van der Waals surface area contributed by atoms with Crippen LogP contribution in [0.4, 0.5) is 0 Å². The van der Waals surface area contributed by atoms with Crippen LogP contribution in [-0.2, 0) is 13.5 Å². The lowest BCUT2D eigenvalue weighted by Crippen LogP contribution is -2.02.